The quantitative estimate of drug-likeness (QED) is 0.397. The topological polar surface area (TPSA) is 71.1 Å². The number of carbonyl (C=O) groups is 2. The van der Waals surface area contributed by atoms with Crippen molar-refractivity contribution in [3.05, 3.63) is 96.2 Å². The Hall–Kier alpha value is -3.64. The van der Waals surface area contributed by atoms with Gasteiger partial charge in [0, 0.05) is 22.2 Å². The highest BCUT2D eigenvalue weighted by Crippen LogP contribution is 2.26. The minimum Gasteiger partial charge on any atom is -0.325 e. The number of aromatic nitrogens is 1. The molecule has 0 spiro atoms. The lowest BCUT2D eigenvalue weighted by atomic mass is 10.1. The van der Waals surface area contributed by atoms with Crippen LogP contribution in [0.15, 0.2) is 90.0 Å². The second kappa shape index (κ2) is 9.45. The van der Waals surface area contributed by atoms with Gasteiger partial charge in [0.15, 0.2) is 0 Å². The van der Waals surface area contributed by atoms with Gasteiger partial charge in [0.2, 0.25) is 5.91 Å². The molecule has 154 valence electrons. The summed E-state index contributed by atoms with van der Waals surface area (Å²) in [6, 6.07) is 24.3. The summed E-state index contributed by atoms with van der Waals surface area (Å²) in [6.07, 6.45) is 1.72. The van der Waals surface area contributed by atoms with Crippen LogP contribution in [0.4, 0.5) is 11.4 Å². The summed E-state index contributed by atoms with van der Waals surface area (Å²) in [4.78, 5) is 30.4. The predicted molar refractivity (Wildman–Crippen MR) is 127 cm³/mol. The standard InChI is InChI=1S/C25H21N3O2S/c1-17-11-13-18(14-12-17)27-24(29)16-31-23-10-3-2-6-20(23)25(30)28-22-9-4-8-21-19(22)7-5-15-26-21/h2-15H,16H2,1H3,(H,27,29)(H,28,30). The monoisotopic (exact) mass is 427 g/mol. The van der Waals surface area contributed by atoms with Crippen molar-refractivity contribution in [3.63, 3.8) is 0 Å². The third-order valence-electron chi connectivity index (χ3n) is 4.72. The Morgan fingerprint density at radius 3 is 2.52 bits per heavy atom. The maximum atomic E-state index is 13.0. The summed E-state index contributed by atoms with van der Waals surface area (Å²) in [7, 11) is 0. The molecule has 4 aromatic rings. The predicted octanol–water partition coefficient (Wildman–Crippen LogP) is 5.53. The van der Waals surface area contributed by atoms with Crippen molar-refractivity contribution in [2.24, 2.45) is 0 Å². The number of rotatable bonds is 6. The Morgan fingerprint density at radius 1 is 0.871 bits per heavy atom. The van der Waals surface area contributed by atoms with Gasteiger partial charge in [-0.1, -0.05) is 35.9 Å². The van der Waals surface area contributed by atoms with Crippen LogP contribution in [0.2, 0.25) is 0 Å². The minimum atomic E-state index is -0.224. The van der Waals surface area contributed by atoms with Gasteiger partial charge in [0.05, 0.1) is 22.5 Å². The van der Waals surface area contributed by atoms with Crippen molar-refractivity contribution in [1.29, 1.82) is 0 Å². The molecule has 0 aliphatic carbocycles. The van der Waals surface area contributed by atoms with Crippen molar-refractivity contribution in [2.45, 2.75) is 11.8 Å². The second-order valence-corrected chi connectivity index (χ2v) is 8.05. The first kappa shape index (κ1) is 20.6. The number of carbonyl (C=O) groups excluding carboxylic acids is 2. The van der Waals surface area contributed by atoms with Gasteiger partial charge in [-0.05, 0) is 55.5 Å². The Kier molecular flexibility index (Phi) is 6.29. The fourth-order valence-corrected chi connectivity index (χ4v) is 4.01. The third-order valence-corrected chi connectivity index (χ3v) is 5.79. The maximum Gasteiger partial charge on any atom is 0.256 e. The molecule has 4 rings (SSSR count). The highest BCUT2D eigenvalue weighted by Gasteiger charge is 2.14. The molecule has 0 unspecified atom stereocenters. The van der Waals surface area contributed by atoms with Gasteiger partial charge in [-0.25, -0.2) is 0 Å². The molecule has 0 fully saturated rings. The summed E-state index contributed by atoms with van der Waals surface area (Å²) in [5.74, 6) is -0.140. The lowest BCUT2D eigenvalue weighted by Crippen LogP contribution is -2.16. The highest BCUT2D eigenvalue weighted by molar-refractivity contribution is 8.00. The number of amides is 2. The fraction of sp³-hybridized carbons (Fsp3) is 0.0800. The van der Waals surface area contributed by atoms with Gasteiger partial charge in [0.25, 0.3) is 5.91 Å². The molecule has 0 saturated heterocycles. The average Bonchev–Trinajstić information content (AvgIpc) is 2.80. The van der Waals surface area contributed by atoms with Crippen LogP contribution >= 0.6 is 11.8 Å². The smallest absolute Gasteiger partial charge is 0.256 e. The summed E-state index contributed by atoms with van der Waals surface area (Å²) in [5.41, 5.74) is 3.93. The second-order valence-electron chi connectivity index (χ2n) is 7.03. The highest BCUT2D eigenvalue weighted by atomic mass is 32.2. The van der Waals surface area contributed by atoms with E-state index in [4.69, 9.17) is 0 Å². The molecule has 0 saturated carbocycles. The SMILES string of the molecule is Cc1ccc(NC(=O)CSc2ccccc2C(=O)Nc2cccc3ncccc23)cc1. The van der Waals surface area contributed by atoms with E-state index in [0.717, 1.165) is 27.0 Å². The molecular weight excluding hydrogens is 406 g/mol. The minimum absolute atomic E-state index is 0.121. The van der Waals surface area contributed by atoms with E-state index in [1.165, 1.54) is 11.8 Å². The van der Waals surface area contributed by atoms with Crippen LogP contribution in [0.5, 0.6) is 0 Å². The number of fused-ring (bicyclic) bond motifs is 1. The molecule has 1 heterocycles. The van der Waals surface area contributed by atoms with Crippen LogP contribution in [-0.4, -0.2) is 22.6 Å². The van der Waals surface area contributed by atoms with E-state index in [2.05, 4.69) is 15.6 Å². The van der Waals surface area contributed by atoms with Crippen LogP contribution in [0.25, 0.3) is 10.9 Å². The summed E-state index contributed by atoms with van der Waals surface area (Å²) < 4.78 is 0. The number of nitrogens with zero attached hydrogens (tertiary/aromatic N) is 1. The van der Waals surface area contributed by atoms with Crippen molar-refractivity contribution in [1.82, 2.24) is 4.98 Å². The van der Waals surface area contributed by atoms with Crippen molar-refractivity contribution in [2.75, 3.05) is 16.4 Å². The van der Waals surface area contributed by atoms with Gasteiger partial charge in [-0.15, -0.1) is 11.8 Å². The van der Waals surface area contributed by atoms with E-state index in [1.807, 2.05) is 79.7 Å². The zero-order valence-corrected chi connectivity index (χ0v) is 17.8. The first-order valence-electron chi connectivity index (χ1n) is 9.83. The van der Waals surface area contributed by atoms with Gasteiger partial charge in [-0.2, -0.15) is 0 Å². The molecular formula is C25H21N3O2S. The van der Waals surface area contributed by atoms with Crippen LogP contribution < -0.4 is 10.6 Å². The Morgan fingerprint density at radius 2 is 1.68 bits per heavy atom. The molecule has 0 bridgehead atoms. The summed E-state index contributed by atoms with van der Waals surface area (Å²) in [5, 5.41) is 6.74. The number of hydrogen-bond donors (Lipinski definition) is 2. The Bertz CT molecular complexity index is 1230. The van der Waals surface area contributed by atoms with E-state index in [-0.39, 0.29) is 17.6 Å². The normalized spacial score (nSPS) is 10.6. The number of nitrogens with one attached hydrogen (secondary N) is 2. The molecule has 0 aliphatic heterocycles. The van der Waals surface area contributed by atoms with Crippen LogP contribution in [0, 0.1) is 6.92 Å². The zero-order chi connectivity index (χ0) is 21.6. The first-order chi connectivity index (χ1) is 15.1. The molecule has 31 heavy (non-hydrogen) atoms. The molecule has 6 heteroatoms. The lowest BCUT2D eigenvalue weighted by molar-refractivity contribution is -0.113. The number of thioether (sulfide) groups is 1. The van der Waals surface area contributed by atoms with Gasteiger partial charge in [-0.3, -0.25) is 14.6 Å². The van der Waals surface area contributed by atoms with Crippen LogP contribution in [0.1, 0.15) is 15.9 Å². The van der Waals surface area contributed by atoms with Crippen LogP contribution in [0.3, 0.4) is 0 Å². The van der Waals surface area contributed by atoms with E-state index < -0.39 is 0 Å². The molecule has 1 aromatic heterocycles. The van der Waals surface area contributed by atoms with Crippen LogP contribution in [-0.2, 0) is 4.79 Å². The molecule has 2 N–H and O–H groups in total. The average molecular weight is 428 g/mol. The molecule has 0 aliphatic rings. The van der Waals surface area contributed by atoms with E-state index in [0.29, 0.717) is 11.3 Å². The van der Waals surface area contributed by atoms with E-state index >= 15 is 0 Å². The first-order valence-corrected chi connectivity index (χ1v) is 10.8. The number of pyridine rings is 1. The molecule has 3 aromatic carbocycles. The molecule has 0 atom stereocenters. The van der Waals surface area contributed by atoms with E-state index in [9.17, 15) is 9.59 Å². The molecule has 2 amide bonds. The van der Waals surface area contributed by atoms with Crippen molar-refractivity contribution < 1.29 is 9.59 Å². The van der Waals surface area contributed by atoms with E-state index in [1.54, 1.807) is 12.3 Å². The Labute approximate surface area is 184 Å². The zero-order valence-electron chi connectivity index (χ0n) is 17.0. The number of benzene rings is 3. The van der Waals surface area contributed by atoms with Crippen molar-refractivity contribution >= 4 is 45.9 Å². The molecule has 5 nitrogen and oxygen atoms in total. The Balaban J connectivity index is 1.45. The van der Waals surface area contributed by atoms with Gasteiger partial charge < -0.3 is 10.6 Å². The number of aryl methyl sites for hydroxylation is 1. The summed E-state index contributed by atoms with van der Waals surface area (Å²) in [6.45, 7) is 2.00. The maximum absolute atomic E-state index is 13.0. The van der Waals surface area contributed by atoms with Gasteiger partial charge in [0.1, 0.15) is 0 Å². The largest absolute Gasteiger partial charge is 0.325 e. The van der Waals surface area contributed by atoms with Gasteiger partial charge >= 0.3 is 0 Å². The fourth-order valence-electron chi connectivity index (χ4n) is 3.16. The third kappa shape index (κ3) is 5.10. The van der Waals surface area contributed by atoms with Crippen molar-refractivity contribution in [3.8, 4) is 0 Å². The lowest BCUT2D eigenvalue weighted by Gasteiger charge is -2.12. The molecule has 0 radical (unpaired) electrons. The summed E-state index contributed by atoms with van der Waals surface area (Å²) >= 11 is 1.33. The number of anilines is 2. The number of hydrogen-bond acceptors (Lipinski definition) is 4.